The van der Waals surface area contributed by atoms with Crippen LogP contribution in [0.5, 0.6) is 0 Å². The van der Waals surface area contributed by atoms with Gasteiger partial charge in [-0.2, -0.15) is 13.2 Å². The van der Waals surface area contributed by atoms with Crippen LogP contribution >= 0.6 is 0 Å². The van der Waals surface area contributed by atoms with E-state index < -0.39 is 11.7 Å². The Balaban J connectivity index is 0.000000492. The molecule has 3 nitrogen and oxygen atoms in total. The van der Waals surface area contributed by atoms with E-state index >= 15 is 0 Å². The van der Waals surface area contributed by atoms with Crippen LogP contribution in [0.15, 0.2) is 24.3 Å². The number of benzene rings is 1. The predicted octanol–water partition coefficient (Wildman–Crippen LogP) is 2.66. The summed E-state index contributed by atoms with van der Waals surface area (Å²) in [5.74, 6) is 0. The van der Waals surface area contributed by atoms with E-state index in [1.165, 1.54) is 12.1 Å². The van der Waals surface area contributed by atoms with Crippen LogP contribution in [0.4, 0.5) is 13.2 Å². The molecule has 0 heterocycles. The van der Waals surface area contributed by atoms with Crippen molar-refractivity contribution in [2.24, 2.45) is 0 Å². The highest BCUT2D eigenvalue weighted by Crippen LogP contribution is 2.29. The summed E-state index contributed by atoms with van der Waals surface area (Å²) >= 11 is 0. The first-order valence-electron chi connectivity index (χ1n) is 5.44. The number of hydrogen-bond acceptors (Lipinski definition) is 2. The van der Waals surface area contributed by atoms with Crippen molar-refractivity contribution in [3.63, 3.8) is 0 Å². The van der Waals surface area contributed by atoms with Gasteiger partial charge in [-0.1, -0.05) is 18.2 Å². The monoisotopic (exact) mass is 261 g/mol. The first-order valence-corrected chi connectivity index (χ1v) is 5.44. The van der Waals surface area contributed by atoms with Gasteiger partial charge in [-0.15, -0.1) is 0 Å². The van der Waals surface area contributed by atoms with Gasteiger partial charge in [0.05, 0.1) is 5.56 Å². The van der Waals surface area contributed by atoms with Crippen molar-refractivity contribution in [3.05, 3.63) is 35.4 Å². The van der Waals surface area contributed by atoms with E-state index in [0.29, 0.717) is 18.2 Å². The standard InChI is InChI=1S/C11H12F3N.CH2O2/c12-11(13,14)9-3-1-2-8(6-9)7-15-10-4-5-10;2-1-3/h1-3,6,10,15H,4-5,7H2;1H,(H,2,3). The zero-order valence-electron chi connectivity index (χ0n) is 9.57. The molecule has 1 fully saturated rings. The van der Waals surface area contributed by atoms with Gasteiger partial charge in [-0.05, 0) is 24.5 Å². The van der Waals surface area contributed by atoms with Crippen molar-refractivity contribution >= 4 is 6.47 Å². The van der Waals surface area contributed by atoms with Crippen molar-refractivity contribution in [1.29, 1.82) is 0 Å². The van der Waals surface area contributed by atoms with Gasteiger partial charge in [0.15, 0.2) is 0 Å². The molecule has 1 aliphatic carbocycles. The number of halogens is 3. The van der Waals surface area contributed by atoms with Crippen LogP contribution < -0.4 is 5.32 Å². The Morgan fingerprint density at radius 1 is 1.39 bits per heavy atom. The summed E-state index contributed by atoms with van der Waals surface area (Å²) in [5.41, 5.74) is 0.120. The highest BCUT2D eigenvalue weighted by molar-refractivity contribution is 5.32. The number of hydrogen-bond donors (Lipinski definition) is 2. The predicted molar refractivity (Wildman–Crippen MR) is 60.0 cm³/mol. The van der Waals surface area contributed by atoms with E-state index in [2.05, 4.69) is 5.32 Å². The number of carboxylic acid groups (broad SMARTS) is 1. The molecule has 0 aliphatic heterocycles. The summed E-state index contributed by atoms with van der Waals surface area (Å²) < 4.78 is 37.1. The van der Waals surface area contributed by atoms with Gasteiger partial charge in [0.25, 0.3) is 6.47 Å². The Kier molecular flexibility index (Phi) is 5.15. The van der Waals surface area contributed by atoms with E-state index in [4.69, 9.17) is 9.90 Å². The van der Waals surface area contributed by atoms with Gasteiger partial charge in [0.1, 0.15) is 0 Å². The Labute approximate surface area is 103 Å². The summed E-state index contributed by atoms with van der Waals surface area (Å²) in [7, 11) is 0. The number of nitrogens with one attached hydrogen (secondary N) is 1. The molecule has 0 saturated heterocycles. The maximum Gasteiger partial charge on any atom is 0.416 e. The first kappa shape index (κ1) is 14.5. The van der Waals surface area contributed by atoms with E-state index in [9.17, 15) is 13.2 Å². The third kappa shape index (κ3) is 5.18. The lowest BCUT2D eigenvalue weighted by molar-refractivity contribution is -0.137. The average molecular weight is 261 g/mol. The first-order chi connectivity index (χ1) is 8.47. The average Bonchev–Trinajstić information content (AvgIpc) is 3.10. The molecular weight excluding hydrogens is 247 g/mol. The molecule has 1 aromatic rings. The molecule has 2 rings (SSSR count). The summed E-state index contributed by atoms with van der Waals surface area (Å²) in [5, 5.41) is 10.1. The van der Waals surface area contributed by atoms with Crippen LogP contribution in [-0.4, -0.2) is 17.6 Å². The van der Waals surface area contributed by atoms with Crippen LogP contribution in [0.2, 0.25) is 0 Å². The van der Waals surface area contributed by atoms with Gasteiger partial charge < -0.3 is 10.4 Å². The summed E-state index contributed by atoms with van der Waals surface area (Å²) in [6.45, 7) is 0.272. The normalized spacial score (nSPS) is 14.6. The highest BCUT2D eigenvalue weighted by atomic mass is 19.4. The fourth-order valence-corrected chi connectivity index (χ4v) is 1.41. The molecule has 0 unspecified atom stereocenters. The molecule has 2 N–H and O–H groups in total. The highest BCUT2D eigenvalue weighted by Gasteiger charge is 2.30. The quantitative estimate of drug-likeness (QED) is 0.822. The Morgan fingerprint density at radius 3 is 2.50 bits per heavy atom. The van der Waals surface area contributed by atoms with Crippen molar-refractivity contribution in [3.8, 4) is 0 Å². The topological polar surface area (TPSA) is 49.3 Å². The summed E-state index contributed by atoms with van der Waals surface area (Å²) in [4.78, 5) is 8.36. The summed E-state index contributed by atoms with van der Waals surface area (Å²) in [6, 6.07) is 5.98. The van der Waals surface area contributed by atoms with Gasteiger partial charge in [0, 0.05) is 12.6 Å². The lowest BCUT2D eigenvalue weighted by Gasteiger charge is -2.09. The molecule has 1 aliphatic rings. The minimum Gasteiger partial charge on any atom is -0.483 e. The molecule has 0 aromatic heterocycles. The lowest BCUT2D eigenvalue weighted by Crippen LogP contribution is -2.16. The largest absolute Gasteiger partial charge is 0.483 e. The SMILES string of the molecule is FC(F)(F)c1cccc(CNC2CC2)c1.O=CO. The number of alkyl halides is 3. The second kappa shape index (κ2) is 6.39. The Bertz CT molecular complexity index is 389. The second-order valence-electron chi connectivity index (χ2n) is 3.96. The van der Waals surface area contributed by atoms with E-state index in [0.717, 1.165) is 18.9 Å². The zero-order chi connectivity index (χ0) is 13.6. The Hall–Kier alpha value is -1.56. The van der Waals surface area contributed by atoms with Crippen molar-refractivity contribution in [1.82, 2.24) is 5.32 Å². The van der Waals surface area contributed by atoms with Crippen LogP contribution in [-0.2, 0) is 17.5 Å². The molecule has 0 radical (unpaired) electrons. The second-order valence-corrected chi connectivity index (χ2v) is 3.96. The van der Waals surface area contributed by atoms with Crippen molar-refractivity contribution in [2.45, 2.75) is 31.6 Å². The van der Waals surface area contributed by atoms with Crippen LogP contribution in [0.25, 0.3) is 0 Å². The van der Waals surface area contributed by atoms with Crippen LogP contribution in [0, 0.1) is 0 Å². The van der Waals surface area contributed by atoms with Gasteiger partial charge in [-0.3, -0.25) is 4.79 Å². The molecule has 0 bridgehead atoms. The van der Waals surface area contributed by atoms with Gasteiger partial charge in [-0.25, -0.2) is 0 Å². The molecule has 100 valence electrons. The van der Waals surface area contributed by atoms with Crippen molar-refractivity contribution in [2.75, 3.05) is 0 Å². The molecule has 18 heavy (non-hydrogen) atoms. The fourth-order valence-electron chi connectivity index (χ4n) is 1.41. The molecule has 0 amide bonds. The third-order valence-corrected chi connectivity index (χ3v) is 2.43. The van der Waals surface area contributed by atoms with Gasteiger partial charge >= 0.3 is 6.18 Å². The van der Waals surface area contributed by atoms with Crippen LogP contribution in [0.1, 0.15) is 24.0 Å². The molecule has 1 aromatic carbocycles. The number of carbonyl (C=O) groups is 1. The molecule has 0 spiro atoms. The molecular formula is C12H14F3NO2. The smallest absolute Gasteiger partial charge is 0.416 e. The maximum absolute atomic E-state index is 12.4. The van der Waals surface area contributed by atoms with Gasteiger partial charge in [0.2, 0.25) is 0 Å². The molecule has 0 atom stereocenters. The fraction of sp³-hybridized carbons (Fsp3) is 0.417. The maximum atomic E-state index is 12.4. The molecule has 1 saturated carbocycles. The third-order valence-electron chi connectivity index (χ3n) is 2.43. The van der Waals surface area contributed by atoms with E-state index in [1.807, 2.05) is 0 Å². The van der Waals surface area contributed by atoms with E-state index in [-0.39, 0.29) is 6.47 Å². The minimum atomic E-state index is -4.24. The zero-order valence-corrected chi connectivity index (χ0v) is 9.57. The van der Waals surface area contributed by atoms with Crippen molar-refractivity contribution < 1.29 is 23.1 Å². The molecule has 6 heteroatoms. The number of rotatable bonds is 3. The lowest BCUT2D eigenvalue weighted by atomic mass is 10.1. The summed E-state index contributed by atoms with van der Waals surface area (Å²) in [6.07, 6.45) is -1.96. The van der Waals surface area contributed by atoms with E-state index in [1.54, 1.807) is 6.07 Å². The minimum absolute atomic E-state index is 0.250. The Morgan fingerprint density at radius 2 is 2.00 bits per heavy atom. The van der Waals surface area contributed by atoms with Crippen LogP contribution in [0.3, 0.4) is 0 Å².